The number of pyridine rings is 1. The lowest BCUT2D eigenvalue weighted by Crippen LogP contribution is -2.39. The lowest BCUT2D eigenvalue weighted by molar-refractivity contribution is -0.548. The molecule has 9 heteroatoms. The van der Waals surface area contributed by atoms with Crippen molar-refractivity contribution in [3.63, 3.8) is 0 Å². The zero-order valence-electron chi connectivity index (χ0n) is 23.9. The Labute approximate surface area is 278 Å². The largest absolute Gasteiger partial charge is 0.490 e. The van der Waals surface area contributed by atoms with Gasteiger partial charge in [-0.2, -0.15) is 4.57 Å². The molecule has 0 N–H and O–H groups in total. The third-order valence-corrected chi connectivity index (χ3v) is 8.60. The van der Waals surface area contributed by atoms with Crippen molar-refractivity contribution in [2.75, 3.05) is 14.2 Å². The Bertz CT molecular complexity index is 2170. The quantitative estimate of drug-likeness (QED) is 0.0764. The van der Waals surface area contributed by atoms with Crippen LogP contribution in [0, 0.1) is 0 Å². The van der Waals surface area contributed by atoms with Crippen molar-refractivity contribution in [1.29, 1.82) is 0 Å². The second kappa shape index (κ2) is 12.6. The van der Waals surface area contributed by atoms with Crippen molar-refractivity contribution in [3.05, 3.63) is 128 Å². The van der Waals surface area contributed by atoms with Gasteiger partial charge in [0, 0.05) is 32.2 Å². The zero-order valence-corrected chi connectivity index (χ0v) is 26.9. The van der Waals surface area contributed by atoms with Gasteiger partial charge >= 0.3 is 5.97 Å². The van der Waals surface area contributed by atoms with Crippen LogP contribution in [0.5, 0.6) is 0 Å². The summed E-state index contributed by atoms with van der Waals surface area (Å²) < 4.78 is 12.3. The van der Waals surface area contributed by atoms with Gasteiger partial charge < -0.3 is 9.47 Å². The molecule has 0 saturated heterocycles. The number of benzene rings is 4. The molecule has 0 aliphatic rings. The van der Waals surface area contributed by atoms with E-state index in [1.165, 1.54) is 14.2 Å². The summed E-state index contributed by atoms with van der Waals surface area (Å²) in [6.07, 6.45) is 5.53. The molecule has 0 amide bonds. The van der Waals surface area contributed by atoms with Gasteiger partial charge in [-0.25, -0.2) is 4.79 Å². The van der Waals surface area contributed by atoms with Crippen LogP contribution in [0.4, 0.5) is 0 Å². The Balaban J connectivity index is 1.69. The number of ether oxygens (including phenoxy) is 2. The number of esters is 2. The van der Waals surface area contributed by atoms with Gasteiger partial charge in [0.15, 0.2) is 6.20 Å². The first-order valence-corrected chi connectivity index (χ1v) is 15.2. The highest BCUT2D eigenvalue weighted by Gasteiger charge is 2.32. The molecule has 0 fully saturated rings. The molecule has 6 aromatic rings. The van der Waals surface area contributed by atoms with Crippen molar-refractivity contribution in [1.82, 2.24) is 0 Å². The lowest BCUT2D eigenvalue weighted by Gasteiger charge is -2.16. The third-order valence-electron chi connectivity index (χ3n) is 7.57. The zero-order chi connectivity index (χ0) is 31.8. The molecule has 0 bridgehead atoms. The minimum Gasteiger partial charge on any atom is -0.490 e. The molecule has 0 aliphatic carbocycles. The van der Waals surface area contributed by atoms with Gasteiger partial charge in [0.1, 0.15) is 0 Å². The number of hydrogen-bond donors (Lipinski definition) is 0. The average molecular weight is 675 g/mol. The molecule has 5 nitrogen and oxygen atoms in total. The molecule has 1 aromatic heterocycles. The maximum Gasteiger partial charge on any atom is 0.379 e. The number of halogens is 4. The molecule has 0 spiro atoms. The van der Waals surface area contributed by atoms with E-state index < -0.39 is 11.9 Å². The fourth-order valence-electron chi connectivity index (χ4n) is 5.58. The molecule has 224 valence electrons. The molecule has 0 atom stereocenters. The van der Waals surface area contributed by atoms with Gasteiger partial charge in [-0.15, -0.1) is 0 Å². The predicted octanol–water partition coefficient (Wildman–Crippen LogP) is 9.65. The third kappa shape index (κ3) is 5.69. The van der Waals surface area contributed by atoms with Gasteiger partial charge in [0.2, 0.25) is 5.52 Å². The smallest absolute Gasteiger partial charge is 0.379 e. The standard InChI is InChI=1S/C36H23Cl4NO4/c1-44-35(42)33(32-28-17-22(37)11-13-26(28)27-14-12-23(38)18-29(27)32)34(36(43)45-2)41-16-15-20(25-5-3-4-6-31(25)41)7-8-21-9-10-24(39)19-30(21)40/h3-19H,1-2H3/b8-7+,34-33-. The number of rotatable bonds is 6. The van der Waals surface area contributed by atoms with E-state index in [0.717, 1.165) is 27.3 Å². The fraction of sp³-hybridized carbons (Fsp3) is 0.0556. The number of methoxy groups -OCH3 is 2. The second-order valence-corrected chi connectivity index (χ2v) is 11.8. The number of nitrogens with zero attached hydrogens (tertiary/aromatic N) is 1. The minimum absolute atomic E-state index is 0.000254. The van der Waals surface area contributed by atoms with Crippen molar-refractivity contribution in [2.24, 2.45) is 0 Å². The molecule has 0 aliphatic heterocycles. The van der Waals surface area contributed by atoms with Crippen LogP contribution in [0.2, 0.25) is 20.1 Å². The molecule has 0 unspecified atom stereocenters. The van der Waals surface area contributed by atoms with E-state index >= 15 is 0 Å². The molecule has 5 aromatic carbocycles. The van der Waals surface area contributed by atoms with E-state index in [1.54, 1.807) is 47.2 Å². The summed E-state index contributed by atoms with van der Waals surface area (Å²) in [5.74, 6) is -1.48. The highest BCUT2D eigenvalue weighted by Crippen LogP contribution is 2.42. The van der Waals surface area contributed by atoms with Crippen molar-refractivity contribution < 1.29 is 23.6 Å². The van der Waals surface area contributed by atoms with Gasteiger partial charge in [0.05, 0.1) is 25.2 Å². The van der Waals surface area contributed by atoms with Crippen LogP contribution in [-0.4, -0.2) is 26.2 Å². The summed E-state index contributed by atoms with van der Waals surface area (Å²) in [5, 5.41) is 5.77. The van der Waals surface area contributed by atoms with Gasteiger partial charge in [-0.1, -0.05) is 140 Å². The summed E-state index contributed by atoms with van der Waals surface area (Å²) >= 11 is 25.4. The maximum atomic E-state index is 13.8. The number of carbonyl (C=O) groups excluding carboxylic acids is 2. The first-order chi connectivity index (χ1) is 21.7. The Morgan fingerprint density at radius 1 is 0.667 bits per heavy atom. The number of fused-ring (bicyclic) bond motifs is 4. The van der Waals surface area contributed by atoms with Crippen LogP contribution >= 0.6 is 46.4 Å². The molecular formula is C36H23Cl4NO4. The van der Waals surface area contributed by atoms with E-state index in [4.69, 9.17) is 55.9 Å². The molecule has 45 heavy (non-hydrogen) atoms. The molecule has 1 heterocycles. The summed E-state index contributed by atoms with van der Waals surface area (Å²) in [6, 6.07) is 25.5. The van der Waals surface area contributed by atoms with E-state index in [0.29, 0.717) is 41.9 Å². The van der Waals surface area contributed by atoms with E-state index in [-0.39, 0.29) is 11.3 Å². The number of aromatic nitrogens is 1. The summed E-state index contributed by atoms with van der Waals surface area (Å²) in [6.45, 7) is 0. The van der Waals surface area contributed by atoms with Crippen LogP contribution < -0.4 is 4.57 Å². The van der Waals surface area contributed by atoms with Crippen LogP contribution in [0.3, 0.4) is 0 Å². The van der Waals surface area contributed by atoms with Gasteiger partial charge in [0.25, 0.3) is 11.7 Å². The Morgan fingerprint density at radius 2 is 1.24 bits per heavy atom. The van der Waals surface area contributed by atoms with Crippen molar-refractivity contribution in [2.45, 2.75) is 0 Å². The minimum atomic E-state index is -0.742. The second-order valence-electron chi connectivity index (χ2n) is 10.1. The highest BCUT2D eigenvalue weighted by molar-refractivity contribution is 6.40. The fourth-order valence-corrected chi connectivity index (χ4v) is 6.39. The monoisotopic (exact) mass is 673 g/mol. The number of para-hydroxylation sites is 1. The Morgan fingerprint density at radius 3 is 1.87 bits per heavy atom. The summed E-state index contributed by atoms with van der Waals surface area (Å²) in [5.41, 5.74) is 2.69. The van der Waals surface area contributed by atoms with Gasteiger partial charge in [-0.05, 0) is 29.3 Å². The van der Waals surface area contributed by atoms with Crippen LogP contribution in [-0.2, 0) is 19.1 Å². The molecule has 6 rings (SSSR count). The SMILES string of the molecule is COC(=O)/C(=C(/C(=O)OC)[n+]1ccc(/C=C/c2ccc(Cl)cc2Cl)c2ccccc21)[c-]1c2cc(Cl)ccc2c2ccc(Cl)cc21. The normalized spacial score (nSPS) is 12.2. The summed E-state index contributed by atoms with van der Waals surface area (Å²) in [4.78, 5) is 27.6. The van der Waals surface area contributed by atoms with Crippen molar-refractivity contribution >= 4 is 114 Å². The average Bonchev–Trinajstić information content (AvgIpc) is 3.34. The predicted molar refractivity (Wildman–Crippen MR) is 184 cm³/mol. The summed E-state index contributed by atoms with van der Waals surface area (Å²) in [7, 11) is 2.53. The van der Waals surface area contributed by atoms with Crippen LogP contribution in [0.15, 0.2) is 91.1 Å². The number of carbonyl (C=O) groups is 2. The van der Waals surface area contributed by atoms with E-state index in [2.05, 4.69) is 0 Å². The first-order valence-electron chi connectivity index (χ1n) is 13.7. The van der Waals surface area contributed by atoms with Crippen LogP contribution in [0.1, 0.15) is 16.7 Å². The Hall–Kier alpha value is -4.26. The van der Waals surface area contributed by atoms with Gasteiger partial charge in [-0.3, -0.25) is 4.79 Å². The van der Waals surface area contributed by atoms with E-state index in [9.17, 15) is 9.59 Å². The maximum absolute atomic E-state index is 13.8. The number of hydrogen-bond acceptors (Lipinski definition) is 4. The Kier molecular flexibility index (Phi) is 8.63. The first kappa shape index (κ1) is 30.8. The van der Waals surface area contributed by atoms with Crippen LogP contribution in [0.25, 0.3) is 55.9 Å². The highest BCUT2D eigenvalue weighted by atomic mass is 35.5. The lowest BCUT2D eigenvalue weighted by atomic mass is 9.99. The molecular weight excluding hydrogens is 652 g/mol. The molecule has 0 saturated carbocycles. The van der Waals surface area contributed by atoms with E-state index in [1.807, 2.05) is 60.7 Å². The topological polar surface area (TPSA) is 56.5 Å². The molecule has 0 radical (unpaired) electrons. The van der Waals surface area contributed by atoms with Crippen molar-refractivity contribution in [3.8, 4) is 0 Å².